The molecule has 244 valence electrons. The van der Waals surface area contributed by atoms with Crippen molar-refractivity contribution in [1.82, 2.24) is 29.0 Å². The van der Waals surface area contributed by atoms with Crippen LogP contribution in [0.1, 0.15) is 36.0 Å². The summed E-state index contributed by atoms with van der Waals surface area (Å²) in [6.45, 7) is 3.07. The summed E-state index contributed by atoms with van der Waals surface area (Å²) in [5.74, 6) is 1.08. The van der Waals surface area contributed by atoms with Crippen molar-refractivity contribution in [3.63, 3.8) is 0 Å². The fraction of sp³-hybridized carbons (Fsp3) is 0.273. The molecule has 7 rings (SSSR count). The zero-order valence-corrected chi connectivity index (χ0v) is 27.5. The van der Waals surface area contributed by atoms with Gasteiger partial charge in [0.15, 0.2) is 0 Å². The van der Waals surface area contributed by atoms with Gasteiger partial charge in [0.2, 0.25) is 11.0 Å². The van der Waals surface area contributed by atoms with Gasteiger partial charge in [-0.15, -0.1) is 9.19 Å². The molecular formula is C33H30ClN9O4S. The van der Waals surface area contributed by atoms with Gasteiger partial charge >= 0.3 is 10.0 Å². The largest absolute Gasteiger partial charge is 0.451 e. The third-order valence-electron chi connectivity index (χ3n) is 8.64. The van der Waals surface area contributed by atoms with Crippen molar-refractivity contribution < 1.29 is 17.6 Å². The molecule has 1 amide bonds. The second-order valence-corrected chi connectivity index (χ2v) is 13.7. The molecule has 3 aromatic heterocycles. The van der Waals surface area contributed by atoms with Crippen LogP contribution in [-0.2, 0) is 40.6 Å². The van der Waals surface area contributed by atoms with E-state index >= 15 is 0 Å². The van der Waals surface area contributed by atoms with Gasteiger partial charge in [0.1, 0.15) is 24.3 Å². The van der Waals surface area contributed by atoms with Gasteiger partial charge < -0.3 is 19.1 Å². The van der Waals surface area contributed by atoms with E-state index in [1.54, 1.807) is 17.2 Å². The van der Waals surface area contributed by atoms with E-state index < -0.39 is 10.0 Å². The van der Waals surface area contributed by atoms with E-state index in [0.29, 0.717) is 54.7 Å². The number of amides is 1. The number of hydrogen-bond acceptors (Lipinski definition) is 11. The number of nitrogens with zero attached hydrogens (tertiary/aromatic N) is 9. The van der Waals surface area contributed by atoms with E-state index in [1.807, 2.05) is 41.4 Å². The molecule has 5 heterocycles. The molecule has 48 heavy (non-hydrogen) atoms. The minimum absolute atomic E-state index is 0.141. The molecule has 2 aliphatic heterocycles. The normalized spacial score (nSPS) is 16.3. The van der Waals surface area contributed by atoms with Crippen molar-refractivity contribution in [3.05, 3.63) is 101 Å². The minimum atomic E-state index is -4.07. The lowest BCUT2D eigenvalue weighted by Crippen LogP contribution is -2.46. The highest BCUT2D eigenvalue weighted by atomic mass is 35.5. The first-order valence-electron chi connectivity index (χ1n) is 15.3. The first-order valence-corrected chi connectivity index (χ1v) is 17.1. The number of nitriles is 1. The molecule has 0 saturated carbocycles. The van der Waals surface area contributed by atoms with E-state index in [-0.39, 0.29) is 29.9 Å². The van der Waals surface area contributed by atoms with Gasteiger partial charge in [-0.2, -0.15) is 13.7 Å². The zero-order chi connectivity index (χ0) is 33.4. The Balaban J connectivity index is 1.26. The van der Waals surface area contributed by atoms with Crippen LogP contribution >= 0.6 is 11.6 Å². The van der Waals surface area contributed by atoms with Crippen LogP contribution in [0.25, 0.3) is 10.8 Å². The molecule has 1 atom stereocenters. The summed E-state index contributed by atoms with van der Waals surface area (Å²) in [4.78, 5) is 31.9. The molecule has 2 aliphatic rings. The Morgan fingerprint density at radius 3 is 2.73 bits per heavy atom. The van der Waals surface area contributed by atoms with Crippen LogP contribution in [0.5, 0.6) is 0 Å². The fourth-order valence-electron chi connectivity index (χ4n) is 6.38. The number of furan rings is 1. The van der Waals surface area contributed by atoms with Crippen LogP contribution in [0, 0.1) is 11.3 Å². The molecule has 13 nitrogen and oxygen atoms in total. The van der Waals surface area contributed by atoms with Gasteiger partial charge in [0.05, 0.1) is 42.1 Å². The number of fused-ring (bicyclic) bond motifs is 2. The SMILES string of the molecule is CC(=O)N1C=CN(c2nc(CCc3ccoc3S(=O)(=O)n3cncn3)nc3c2CCN(c2cccc4cccc(Cl)c24)C3)C[C@@H]1CC#N. The first-order chi connectivity index (χ1) is 23.2. The number of aromatic nitrogens is 5. The summed E-state index contributed by atoms with van der Waals surface area (Å²) in [5.41, 5.74) is 3.29. The van der Waals surface area contributed by atoms with E-state index in [2.05, 4.69) is 27.1 Å². The van der Waals surface area contributed by atoms with Gasteiger partial charge in [0, 0.05) is 61.0 Å². The Kier molecular flexibility index (Phi) is 8.32. The molecule has 0 radical (unpaired) electrons. The summed E-state index contributed by atoms with van der Waals surface area (Å²) in [6.07, 6.45) is 8.51. The fourth-order valence-corrected chi connectivity index (χ4v) is 7.85. The smallest absolute Gasteiger partial charge is 0.318 e. The summed E-state index contributed by atoms with van der Waals surface area (Å²) in [7, 11) is -4.07. The van der Waals surface area contributed by atoms with Crippen LogP contribution in [0.3, 0.4) is 0 Å². The Morgan fingerprint density at radius 2 is 1.96 bits per heavy atom. The predicted molar refractivity (Wildman–Crippen MR) is 177 cm³/mol. The number of aryl methyl sites for hydroxylation is 2. The molecule has 15 heteroatoms. The number of halogens is 1. The molecule has 0 N–H and O–H groups in total. The lowest BCUT2D eigenvalue weighted by atomic mass is 10.0. The van der Waals surface area contributed by atoms with Gasteiger partial charge in [-0.1, -0.05) is 35.9 Å². The third-order valence-corrected chi connectivity index (χ3v) is 10.5. The standard InChI is InChI=1S/C33H30ClN9O4S/c1-22(44)42-16-15-41(18-25(42)10-13-35)32-26-11-14-40(29-7-3-5-23-4-2-6-27(34)31(23)29)19-28(26)38-30(39-32)9-8-24-12-17-47-33(24)48(45,46)43-21-36-20-37-43/h2-7,12,15-17,20-21,25H,8-11,14,18-19H2,1H3/t25-/m0/s1. The number of carbonyl (C=O) groups excluding carboxylic acids is 1. The van der Waals surface area contributed by atoms with E-state index in [9.17, 15) is 18.5 Å². The summed E-state index contributed by atoms with van der Waals surface area (Å²) < 4.78 is 32.5. The first kappa shape index (κ1) is 31.3. The quantitative estimate of drug-likeness (QED) is 0.227. The number of benzene rings is 2. The van der Waals surface area contributed by atoms with Crippen molar-refractivity contribution in [1.29, 1.82) is 5.26 Å². The predicted octanol–water partition coefficient (Wildman–Crippen LogP) is 4.47. The molecule has 0 saturated heterocycles. The van der Waals surface area contributed by atoms with Gasteiger partial charge in [0.25, 0.3) is 0 Å². The van der Waals surface area contributed by atoms with Crippen LogP contribution in [0.15, 0.2) is 83.3 Å². The lowest BCUT2D eigenvalue weighted by Gasteiger charge is -2.38. The Hall–Kier alpha value is -5.26. The minimum Gasteiger partial charge on any atom is -0.451 e. The van der Waals surface area contributed by atoms with Crippen molar-refractivity contribution in [2.75, 3.05) is 22.9 Å². The number of anilines is 2. The highest BCUT2D eigenvalue weighted by Gasteiger charge is 2.31. The van der Waals surface area contributed by atoms with Crippen LogP contribution in [-0.4, -0.2) is 62.5 Å². The van der Waals surface area contributed by atoms with Crippen molar-refractivity contribution >= 4 is 49.8 Å². The highest BCUT2D eigenvalue weighted by molar-refractivity contribution is 7.89. The zero-order valence-electron chi connectivity index (χ0n) is 25.9. The maximum Gasteiger partial charge on any atom is 0.318 e. The summed E-state index contributed by atoms with van der Waals surface area (Å²) in [5, 5.41) is 15.8. The maximum absolute atomic E-state index is 13.1. The third kappa shape index (κ3) is 5.75. The van der Waals surface area contributed by atoms with E-state index in [1.165, 1.54) is 13.2 Å². The molecule has 2 aromatic carbocycles. The van der Waals surface area contributed by atoms with E-state index in [4.69, 9.17) is 26.0 Å². The number of hydrogen-bond donors (Lipinski definition) is 0. The monoisotopic (exact) mass is 683 g/mol. The van der Waals surface area contributed by atoms with Gasteiger partial charge in [-0.05, 0) is 36.4 Å². The van der Waals surface area contributed by atoms with Crippen molar-refractivity contribution in [2.24, 2.45) is 0 Å². The average molecular weight is 684 g/mol. The summed E-state index contributed by atoms with van der Waals surface area (Å²) in [6, 6.07) is 15.5. The Bertz CT molecular complexity index is 2190. The Labute approximate surface area is 281 Å². The highest BCUT2D eigenvalue weighted by Crippen LogP contribution is 2.37. The van der Waals surface area contributed by atoms with Crippen LogP contribution < -0.4 is 9.80 Å². The van der Waals surface area contributed by atoms with Crippen LogP contribution in [0.2, 0.25) is 5.02 Å². The lowest BCUT2D eigenvalue weighted by molar-refractivity contribution is -0.128. The molecule has 0 fully saturated rings. The molecular weight excluding hydrogens is 654 g/mol. The number of rotatable bonds is 8. The van der Waals surface area contributed by atoms with Crippen molar-refractivity contribution in [3.8, 4) is 6.07 Å². The maximum atomic E-state index is 13.1. The molecule has 0 aliphatic carbocycles. The number of carbonyl (C=O) groups is 1. The second kappa shape index (κ2) is 12.7. The molecule has 5 aromatic rings. The molecule has 0 unspecified atom stereocenters. The summed E-state index contributed by atoms with van der Waals surface area (Å²) >= 11 is 6.70. The topological polar surface area (TPSA) is 154 Å². The Morgan fingerprint density at radius 1 is 1.12 bits per heavy atom. The second-order valence-electron chi connectivity index (χ2n) is 11.6. The van der Waals surface area contributed by atoms with E-state index in [0.717, 1.165) is 44.5 Å². The van der Waals surface area contributed by atoms with Crippen molar-refractivity contribution in [2.45, 2.75) is 50.3 Å². The van der Waals surface area contributed by atoms with Gasteiger partial charge in [-0.25, -0.2) is 15.0 Å². The molecule has 0 bridgehead atoms. The van der Waals surface area contributed by atoms with Crippen LogP contribution in [0.4, 0.5) is 11.5 Å². The average Bonchev–Trinajstić information content (AvgIpc) is 3.81. The molecule has 0 spiro atoms. The van der Waals surface area contributed by atoms with Gasteiger partial charge in [-0.3, -0.25) is 4.79 Å².